The van der Waals surface area contributed by atoms with Crippen molar-refractivity contribution in [1.82, 2.24) is 5.32 Å². The van der Waals surface area contributed by atoms with Crippen LogP contribution in [0.3, 0.4) is 0 Å². The average Bonchev–Trinajstić information content (AvgIpc) is 2.37. The van der Waals surface area contributed by atoms with Gasteiger partial charge in [-0.05, 0) is 38.6 Å². The molecule has 0 bridgehead atoms. The predicted octanol–water partition coefficient (Wildman–Crippen LogP) is 4.94. The monoisotopic (exact) mass is 345 g/mol. The maximum absolute atomic E-state index is 12.8. The molecule has 1 aromatic carbocycles. The van der Waals surface area contributed by atoms with Gasteiger partial charge < -0.3 is 10.1 Å². The van der Waals surface area contributed by atoms with Gasteiger partial charge in [0.05, 0.1) is 16.7 Å². The molecule has 0 amide bonds. The lowest BCUT2D eigenvalue weighted by atomic mass is 10.1. The van der Waals surface area contributed by atoms with Crippen LogP contribution in [0.25, 0.3) is 0 Å². The molecule has 2 nitrogen and oxygen atoms in total. The van der Waals surface area contributed by atoms with Crippen molar-refractivity contribution in [3.05, 3.63) is 28.8 Å². The molecule has 122 valence electrons. The minimum Gasteiger partial charge on any atom is -0.489 e. The minimum absolute atomic E-state index is 0. The number of halogens is 5. The van der Waals surface area contributed by atoms with Crippen LogP contribution in [0.1, 0.15) is 31.7 Å². The van der Waals surface area contributed by atoms with Crippen LogP contribution in [0.15, 0.2) is 18.2 Å². The maximum Gasteiger partial charge on any atom is 0.417 e. The molecule has 1 atom stereocenters. The molecule has 1 aromatic rings. The third-order valence-electron chi connectivity index (χ3n) is 2.89. The van der Waals surface area contributed by atoms with Gasteiger partial charge in [0.2, 0.25) is 0 Å². The Bertz CT molecular complexity index is 427. The predicted molar refractivity (Wildman–Crippen MR) is 81.6 cm³/mol. The van der Waals surface area contributed by atoms with Crippen molar-refractivity contribution in [2.45, 2.75) is 38.5 Å². The van der Waals surface area contributed by atoms with Crippen molar-refractivity contribution in [2.75, 3.05) is 13.6 Å². The Kier molecular flexibility index (Phi) is 9.09. The highest BCUT2D eigenvalue weighted by Gasteiger charge is 2.34. The van der Waals surface area contributed by atoms with E-state index in [2.05, 4.69) is 5.32 Å². The zero-order chi connectivity index (χ0) is 15.2. The fraction of sp³-hybridized carbons (Fsp3) is 0.571. The summed E-state index contributed by atoms with van der Waals surface area (Å²) >= 11 is 5.81. The maximum atomic E-state index is 12.8. The van der Waals surface area contributed by atoms with Gasteiger partial charge in [-0.2, -0.15) is 13.2 Å². The first-order valence-electron chi connectivity index (χ1n) is 6.57. The van der Waals surface area contributed by atoms with E-state index in [4.69, 9.17) is 16.3 Å². The van der Waals surface area contributed by atoms with Crippen LogP contribution in [0.4, 0.5) is 13.2 Å². The average molecular weight is 346 g/mol. The molecule has 0 radical (unpaired) electrons. The van der Waals surface area contributed by atoms with Crippen molar-refractivity contribution in [2.24, 2.45) is 0 Å². The van der Waals surface area contributed by atoms with Gasteiger partial charge in [0.1, 0.15) is 5.75 Å². The Hall–Kier alpha value is -0.650. The van der Waals surface area contributed by atoms with Crippen LogP contribution in [0.5, 0.6) is 5.75 Å². The molecule has 0 aliphatic carbocycles. The molecular formula is C14H20Cl2F3NO. The molecule has 7 heteroatoms. The molecule has 0 aliphatic heterocycles. The van der Waals surface area contributed by atoms with E-state index in [1.807, 2.05) is 14.0 Å². The van der Waals surface area contributed by atoms with Gasteiger partial charge >= 0.3 is 6.18 Å². The molecule has 1 rings (SSSR count). The van der Waals surface area contributed by atoms with Crippen LogP contribution >= 0.6 is 24.0 Å². The highest BCUT2D eigenvalue weighted by atomic mass is 35.5. The molecule has 0 unspecified atom stereocenters. The van der Waals surface area contributed by atoms with Gasteiger partial charge in [-0.3, -0.25) is 0 Å². The third kappa shape index (κ3) is 6.32. The van der Waals surface area contributed by atoms with Crippen LogP contribution in [-0.2, 0) is 6.18 Å². The zero-order valence-electron chi connectivity index (χ0n) is 12.0. The van der Waals surface area contributed by atoms with Crippen molar-refractivity contribution < 1.29 is 17.9 Å². The summed E-state index contributed by atoms with van der Waals surface area (Å²) in [7, 11) is 1.82. The number of nitrogens with one attached hydrogen (secondary N) is 1. The van der Waals surface area contributed by atoms with Crippen molar-refractivity contribution >= 4 is 24.0 Å². The molecule has 0 heterocycles. The number of rotatable bonds is 7. The second-order valence-electron chi connectivity index (χ2n) is 4.54. The van der Waals surface area contributed by atoms with Crippen molar-refractivity contribution in [3.63, 3.8) is 0 Å². The van der Waals surface area contributed by atoms with E-state index < -0.39 is 11.7 Å². The summed E-state index contributed by atoms with van der Waals surface area (Å²) in [4.78, 5) is 0. The molecule has 0 saturated carbocycles. The molecule has 0 saturated heterocycles. The molecule has 0 spiro atoms. The van der Waals surface area contributed by atoms with Crippen LogP contribution in [0, 0.1) is 0 Å². The molecule has 1 N–H and O–H groups in total. The summed E-state index contributed by atoms with van der Waals surface area (Å²) in [5.41, 5.74) is -0.861. The summed E-state index contributed by atoms with van der Waals surface area (Å²) in [6.45, 7) is 2.74. The number of benzene rings is 1. The largest absolute Gasteiger partial charge is 0.489 e. The van der Waals surface area contributed by atoms with Crippen LogP contribution in [0.2, 0.25) is 5.02 Å². The SMILES string of the molecule is CCC[C@@H](CCNC)Oc1cccc(C(F)(F)F)c1Cl.Cl. The number of hydrogen-bond acceptors (Lipinski definition) is 2. The Morgan fingerprint density at radius 1 is 1.29 bits per heavy atom. The van der Waals surface area contributed by atoms with Gasteiger partial charge in [0, 0.05) is 0 Å². The number of ether oxygens (including phenoxy) is 1. The first-order chi connectivity index (χ1) is 9.40. The number of alkyl halides is 3. The summed E-state index contributed by atoms with van der Waals surface area (Å²) < 4.78 is 44.0. The Morgan fingerprint density at radius 2 is 1.95 bits per heavy atom. The molecule has 0 fully saturated rings. The van der Waals surface area contributed by atoms with E-state index in [0.717, 1.165) is 31.9 Å². The molecule has 21 heavy (non-hydrogen) atoms. The summed E-state index contributed by atoms with van der Waals surface area (Å²) in [5.74, 6) is 0.0936. The van der Waals surface area contributed by atoms with Gasteiger partial charge in [-0.15, -0.1) is 12.4 Å². The number of hydrogen-bond donors (Lipinski definition) is 1. The first kappa shape index (κ1) is 20.3. The lowest BCUT2D eigenvalue weighted by Gasteiger charge is -2.20. The third-order valence-corrected chi connectivity index (χ3v) is 3.28. The lowest BCUT2D eigenvalue weighted by molar-refractivity contribution is -0.137. The van der Waals surface area contributed by atoms with Gasteiger partial charge in [-0.25, -0.2) is 0 Å². The quantitative estimate of drug-likeness (QED) is 0.755. The fourth-order valence-electron chi connectivity index (χ4n) is 1.89. The first-order valence-corrected chi connectivity index (χ1v) is 6.94. The van der Waals surface area contributed by atoms with E-state index in [0.29, 0.717) is 0 Å². The Labute approximate surface area is 134 Å². The second-order valence-corrected chi connectivity index (χ2v) is 4.91. The van der Waals surface area contributed by atoms with Crippen LogP contribution in [-0.4, -0.2) is 19.7 Å². The highest BCUT2D eigenvalue weighted by Crippen LogP contribution is 2.39. The van der Waals surface area contributed by atoms with E-state index in [-0.39, 0.29) is 29.3 Å². The lowest BCUT2D eigenvalue weighted by Crippen LogP contribution is -2.22. The standard InChI is InChI=1S/C14H19ClF3NO.ClH/c1-3-5-10(8-9-19-2)20-12-7-4-6-11(13(12)15)14(16,17)18;/h4,6-7,10,19H,3,5,8-9H2,1-2H3;1H/t10-;/m0./s1. The van der Waals surface area contributed by atoms with Gasteiger partial charge in [0.25, 0.3) is 0 Å². The molecule has 0 aromatic heterocycles. The van der Waals surface area contributed by atoms with E-state index >= 15 is 0 Å². The molecular weight excluding hydrogens is 326 g/mol. The van der Waals surface area contributed by atoms with Crippen molar-refractivity contribution in [3.8, 4) is 5.75 Å². The Morgan fingerprint density at radius 3 is 2.48 bits per heavy atom. The van der Waals surface area contributed by atoms with Crippen LogP contribution < -0.4 is 10.1 Å². The van der Waals surface area contributed by atoms with Crippen molar-refractivity contribution in [1.29, 1.82) is 0 Å². The van der Waals surface area contributed by atoms with E-state index in [1.165, 1.54) is 12.1 Å². The van der Waals surface area contributed by atoms with Gasteiger partial charge in [0.15, 0.2) is 0 Å². The van der Waals surface area contributed by atoms with Gasteiger partial charge in [-0.1, -0.05) is 31.0 Å². The topological polar surface area (TPSA) is 21.3 Å². The second kappa shape index (κ2) is 9.38. The van der Waals surface area contributed by atoms with E-state index in [1.54, 1.807) is 0 Å². The summed E-state index contributed by atoms with van der Waals surface area (Å²) in [5, 5.41) is 2.63. The highest BCUT2D eigenvalue weighted by molar-refractivity contribution is 6.32. The van der Waals surface area contributed by atoms with E-state index in [9.17, 15) is 13.2 Å². The molecule has 0 aliphatic rings. The summed E-state index contributed by atoms with van der Waals surface area (Å²) in [6, 6.07) is 3.74. The normalized spacial score (nSPS) is 12.7. The Balaban J connectivity index is 0.00000400. The smallest absolute Gasteiger partial charge is 0.417 e. The summed E-state index contributed by atoms with van der Waals surface area (Å²) in [6.07, 6.45) is -2.23. The zero-order valence-corrected chi connectivity index (χ0v) is 13.5. The minimum atomic E-state index is -4.47. The fourth-order valence-corrected chi connectivity index (χ4v) is 2.17.